The van der Waals surface area contributed by atoms with Crippen LogP contribution in [0.3, 0.4) is 0 Å². The van der Waals surface area contributed by atoms with E-state index in [1.165, 1.54) is 35.2 Å². The van der Waals surface area contributed by atoms with E-state index in [0.717, 1.165) is 19.5 Å². The number of hydrogen-bond acceptors (Lipinski definition) is 3. The molecule has 2 nitrogen and oxygen atoms in total. The molecule has 0 bridgehead atoms. The number of hydrogen-bond donors (Lipinski definition) is 1. The fourth-order valence-electron chi connectivity index (χ4n) is 4.07. The van der Waals surface area contributed by atoms with E-state index in [1.807, 2.05) is 12.3 Å². The standard InChI is InChI=1S/C19H21ClN2S/c20-16-7-8-17-14(11-16)6-5-13-3-1-9-21-19(13)18(17)15-4-2-10-22(23)12-15/h1,3,5-6,8-9,11,15-16,18,23H,2,4,7,10,12H2. The van der Waals surface area contributed by atoms with Crippen molar-refractivity contribution in [3.8, 4) is 0 Å². The molecule has 0 spiro atoms. The summed E-state index contributed by atoms with van der Waals surface area (Å²) in [6.07, 6.45) is 14.2. The molecule has 1 saturated heterocycles. The number of thiol groups is 1. The van der Waals surface area contributed by atoms with Crippen LogP contribution in [-0.4, -0.2) is 27.8 Å². The lowest BCUT2D eigenvalue weighted by molar-refractivity contribution is 0.264. The predicted octanol–water partition coefficient (Wildman–Crippen LogP) is 4.61. The SMILES string of the molecule is SN1CCCC(C2C3=CCC(Cl)C=C3C=Cc3cccnc32)C1. The second-order valence-electron chi connectivity index (χ2n) is 6.64. The van der Waals surface area contributed by atoms with E-state index in [9.17, 15) is 0 Å². The normalized spacial score (nSPS) is 30.8. The first kappa shape index (κ1) is 15.5. The number of nitrogens with zero attached hydrogens (tertiary/aromatic N) is 2. The minimum Gasteiger partial charge on any atom is -0.260 e. The zero-order chi connectivity index (χ0) is 15.8. The highest BCUT2D eigenvalue weighted by Gasteiger charge is 2.35. The maximum absolute atomic E-state index is 6.37. The Bertz CT molecular complexity index is 694. The summed E-state index contributed by atoms with van der Waals surface area (Å²) in [7, 11) is 0. The number of allylic oxidation sites excluding steroid dienone is 5. The third-order valence-corrected chi connectivity index (χ3v) is 5.78. The molecular formula is C19H21ClN2S. The second-order valence-corrected chi connectivity index (χ2v) is 7.76. The van der Waals surface area contributed by atoms with Gasteiger partial charge >= 0.3 is 0 Å². The fraction of sp³-hybridized carbons (Fsp3) is 0.421. The minimum absolute atomic E-state index is 0.0981. The summed E-state index contributed by atoms with van der Waals surface area (Å²) in [5, 5.41) is 0.0981. The van der Waals surface area contributed by atoms with E-state index >= 15 is 0 Å². The van der Waals surface area contributed by atoms with E-state index in [2.05, 4.69) is 47.5 Å². The largest absolute Gasteiger partial charge is 0.260 e. The van der Waals surface area contributed by atoms with E-state index in [0.29, 0.717) is 11.8 Å². The molecule has 3 unspecified atom stereocenters. The van der Waals surface area contributed by atoms with Gasteiger partial charge < -0.3 is 0 Å². The van der Waals surface area contributed by atoms with E-state index < -0.39 is 0 Å². The molecule has 4 heteroatoms. The quantitative estimate of drug-likeness (QED) is 0.591. The predicted molar refractivity (Wildman–Crippen MR) is 99.7 cm³/mol. The molecule has 0 N–H and O–H groups in total. The lowest BCUT2D eigenvalue weighted by Crippen LogP contribution is -2.33. The Hall–Kier alpha value is -1.03. The van der Waals surface area contributed by atoms with Crippen LogP contribution in [0.4, 0.5) is 0 Å². The van der Waals surface area contributed by atoms with Gasteiger partial charge in [0.05, 0.1) is 11.1 Å². The number of fused-ring (bicyclic) bond motifs is 2. The Labute approximate surface area is 148 Å². The fourth-order valence-corrected chi connectivity index (χ4v) is 4.65. The molecule has 1 aromatic heterocycles. The molecule has 23 heavy (non-hydrogen) atoms. The van der Waals surface area contributed by atoms with Crippen molar-refractivity contribution in [2.24, 2.45) is 5.92 Å². The van der Waals surface area contributed by atoms with Gasteiger partial charge in [-0.25, -0.2) is 0 Å². The van der Waals surface area contributed by atoms with Crippen molar-refractivity contribution >= 4 is 30.5 Å². The van der Waals surface area contributed by atoms with Crippen LogP contribution in [-0.2, 0) is 0 Å². The van der Waals surface area contributed by atoms with E-state index in [4.69, 9.17) is 16.6 Å². The van der Waals surface area contributed by atoms with Gasteiger partial charge in [0.1, 0.15) is 0 Å². The summed E-state index contributed by atoms with van der Waals surface area (Å²) in [5.74, 6) is 0.892. The molecule has 0 saturated carbocycles. The number of alkyl halides is 1. The molecule has 4 rings (SSSR count). The van der Waals surface area contributed by atoms with E-state index in [-0.39, 0.29) is 5.38 Å². The van der Waals surface area contributed by atoms with Crippen LogP contribution >= 0.6 is 24.4 Å². The highest BCUT2D eigenvalue weighted by atomic mass is 35.5. The van der Waals surface area contributed by atoms with Crippen LogP contribution in [0, 0.1) is 5.92 Å². The summed E-state index contributed by atoms with van der Waals surface area (Å²) in [5.41, 5.74) is 5.12. The summed E-state index contributed by atoms with van der Waals surface area (Å²) in [4.78, 5) is 4.78. The first-order valence-electron chi connectivity index (χ1n) is 8.35. The lowest BCUT2D eigenvalue weighted by atomic mass is 9.75. The first-order chi connectivity index (χ1) is 11.2. The summed E-state index contributed by atoms with van der Waals surface area (Å²) in [6.45, 7) is 2.09. The molecule has 0 radical (unpaired) electrons. The van der Waals surface area contributed by atoms with Crippen molar-refractivity contribution in [2.75, 3.05) is 13.1 Å². The second kappa shape index (κ2) is 6.46. The van der Waals surface area contributed by atoms with Crippen molar-refractivity contribution in [3.63, 3.8) is 0 Å². The van der Waals surface area contributed by atoms with Crippen LogP contribution in [0.15, 0.2) is 47.7 Å². The van der Waals surface area contributed by atoms with Crippen molar-refractivity contribution in [2.45, 2.75) is 30.6 Å². The highest BCUT2D eigenvalue weighted by Crippen LogP contribution is 2.45. The van der Waals surface area contributed by atoms with Gasteiger partial charge in [0.15, 0.2) is 0 Å². The number of pyridine rings is 1. The Morgan fingerprint density at radius 2 is 2.22 bits per heavy atom. The molecule has 1 aromatic rings. The highest BCUT2D eigenvalue weighted by molar-refractivity contribution is 7.77. The van der Waals surface area contributed by atoms with Gasteiger partial charge in [-0.15, -0.1) is 11.6 Å². The van der Waals surface area contributed by atoms with E-state index in [1.54, 1.807) is 0 Å². The maximum atomic E-state index is 6.37. The Morgan fingerprint density at radius 3 is 3.09 bits per heavy atom. The van der Waals surface area contributed by atoms with Crippen LogP contribution in [0.25, 0.3) is 6.08 Å². The van der Waals surface area contributed by atoms with Gasteiger partial charge in [0.2, 0.25) is 0 Å². The van der Waals surface area contributed by atoms with Gasteiger partial charge in [0, 0.05) is 25.2 Å². The molecule has 2 heterocycles. The van der Waals surface area contributed by atoms with Crippen LogP contribution < -0.4 is 0 Å². The zero-order valence-corrected chi connectivity index (χ0v) is 14.7. The molecule has 3 atom stereocenters. The molecule has 1 aliphatic heterocycles. The third kappa shape index (κ3) is 3.02. The first-order valence-corrected chi connectivity index (χ1v) is 9.19. The molecular weight excluding hydrogens is 324 g/mol. The topological polar surface area (TPSA) is 16.1 Å². The molecule has 3 aliphatic rings. The van der Waals surface area contributed by atoms with Gasteiger partial charge in [-0.05, 0) is 48.0 Å². The minimum atomic E-state index is 0.0981. The summed E-state index contributed by atoms with van der Waals surface area (Å²) < 4.78 is 2.16. The van der Waals surface area contributed by atoms with Gasteiger partial charge in [0.25, 0.3) is 0 Å². The monoisotopic (exact) mass is 344 g/mol. The Balaban J connectivity index is 1.81. The van der Waals surface area contributed by atoms with Crippen LogP contribution in [0.2, 0.25) is 0 Å². The van der Waals surface area contributed by atoms with Gasteiger partial charge in [-0.1, -0.05) is 43.2 Å². The molecule has 1 fully saturated rings. The zero-order valence-electron chi connectivity index (χ0n) is 13.0. The van der Waals surface area contributed by atoms with Gasteiger partial charge in [-0.2, -0.15) is 0 Å². The smallest absolute Gasteiger partial charge is 0.0559 e. The summed E-state index contributed by atoms with van der Waals surface area (Å²) >= 11 is 11.0. The number of piperidine rings is 1. The summed E-state index contributed by atoms with van der Waals surface area (Å²) in [6, 6.07) is 4.19. The Kier molecular flexibility index (Phi) is 4.35. The number of halogens is 1. The lowest BCUT2D eigenvalue weighted by Gasteiger charge is -2.36. The van der Waals surface area contributed by atoms with Crippen molar-refractivity contribution in [1.29, 1.82) is 0 Å². The molecule has 2 aliphatic carbocycles. The van der Waals surface area contributed by atoms with Crippen LogP contribution in [0.1, 0.15) is 36.4 Å². The number of aromatic nitrogens is 1. The molecule has 120 valence electrons. The van der Waals surface area contributed by atoms with Crippen molar-refractivity contribution in [1.82, 2.24) is 9.29 Å². The molecule has 0 amide bonds. The maximum Gasteiger partial charge on any atom is 0.0559 e. The Morgan fingerprint density at radius 1 is 1.30 bits per heavy atom. The van der Waals surface area contributed by atoms with Crippen molar-refractivity contribution in [3.05, 3.63) is 59.0 Å². The average Bonchev–Trinajstić information content (AvgIpc) is 2.71. The third-order valence-electron chi connectivity index (χ3n) is 5.11. The van der Waals surface area contributed by atoms with Crippen molar-refractivity contribution < 1.29 is 0 Å². The number of rotatable bonds is 1. The van der Waals surface area contributed by atoms with Gasteiger partial charge in [-0.3, -0.25) is 9.29 Å². The molecule has 0 aromatic carbocycles. The van der Waals surface area contributed by atoms with Crippen LogP contribution in [0.5, 0.6) is 0 Å². The average molecular weight is 345 g/mol.